The summed E-state index contributed by atoms with van der Waals surface area (Å²) in [6, 6.07) is 32.3. The summed E-state index contributed by atoms with van der Waals surface area (Å²) in [7, 11) is -0.446. The molecule has 0 aliphatic carbocycles. The largest absolute Gasteiger partial charge is 0.147 e. The van der Waals surface area contributed by atoms with Crippen LogP contribution in [0.5, 0.6) is 0 Å². The summed E-state index contributed by atoms with van der Waals surface area (Å²) in [4.78, 5) is 0. The molecule has 116 valence electrons. The number of hydrogen-bond donors (Lipinski definition) is 0. The van der Waals surface area contributed by atoms with Gasteiger partial charge in [-0.2, -0.15) is 0 Å². The average molecular weight is 461 g/mol. The third-order valence-corrected chi connectivity index (χ3v) is 5.49. The van der Waals surface area contributed by atoms with E-state index in [2.05, 4.69) is 91.0 Å². The molecule has 3 rings (SSSR count). The van der Waals surface area contributed by atoms with E-state index >= 15 is 0 Å². The number of hydrogen-bond acceptors (Lipinski definition) is 0. The Bertz CT molecular complexity index is 539. The lowest BCUT2D eigenvalue weighted by molar-refractivity contribution is 1.74. The van der Waals surface area contributed by atoms with E-state index in [1.807, 2.05) is 0 Å². The van der Waals surface area contributed by atoms with Crippen LogP contribution < -0.4 is 15.9 Å². The molecule has 0 fully saturated rings. The number of benzene rings is 3. The SMILES string of the molecule is Br.Br.Cl.c1ccc(P(c2ccccc2)c2ccccc2)cc1. The van der Waals surface area contributed by atoms with Gasteiger partial charge in [0.2, 0.25) is 0 Å². The monoisotopic (exact) mass is 458 g/mol. The van der Waals surface area contributed by atoms with Crippen LogP contribution in [0.4, 0.5) is 0 Å². The Morgan fingerprint density at radius 3 is 0.864 bits per heavy atom. The molecule has 0 spiro atoms. The van der Waals surface area contributed by atoms with Crippen molar-refractivity contribution < 1.29 is 0 Å². The second-order valence-corrected chi connectivity index (χ2v) is 6.56. The highest BCUT2D eigenvalue weighted by Gasteiger charge is 2.14. The molecule has 0 aliphatic rings. The van der Waals surface area contributed by atoms with Gasteiger partial charge in [0.05, 0.1) is 0 Å². The Kier molecular flexibility index (Phi) is 10.6. The molecular formula is C18H18Br2ClP. The lowest BCUT2D eigenvalue weighted by atomic mass is 10.4. The van der Waals surface area contributed by atoms with Gasteiger partial charge in [0.25, 0.3) is 0 Å². The molecule has 0 N–H and O–H groups in total. The Morgan fingerprint density at radius 1 is 0.409 bits per heavy atom. The van der Waals surface area contributed by atoms with E-state index in [0.29, 0.717) is 0 Å². The van der Waals surface area contributed by atoms with Gasteiger partial charge in [0.1, 0.15) is 0 Å². The van der Waals surface area contributed by atoms with Crippen LogP contribution >= 0.6 is 54.3 Å². The van der Waals surface area contributed by atoms with Crippen LogP contribution in [0.2, 0.25) is 0 Å². The Labute approximate surface area is 160 Å². The van der Waals surface area contributed by atoms with Crippen LogP contribution in [-0.2, 0) is 0 Å². The van der Waals surface area contributed by atoms with Gasteiger partial charge in [-0.1, -0.05) is 91.0 Å². The average Bonchev–Trinajstić information content (AvgIpc) is 2.51. The summed E-state index contributed by atoms with van der Waals surface area (Å²) in [6.45, 7) is 0. The summed E-state index contributed by atoms with van der Waals surface area (Å²) in [5, 5.41) is 4.19. The molecule has 0 atom stereocenters. The van der Waals surface area contributed by atoms with Gasteiger partial charge in [0, 0.05) is 0 Å². The summed E-state index contributed by atoms with van der Waals surface area (Å²) < 4.78 is 0. The smallest absolute Gasteiger partial charge is 0.0134 e. The van der Waals surface area contributed by atoms with E-state index in [9.17, 15) is 0 Å². The van der Waals surface area contributed by atoms with Crippen LogP contribution in [0.1, 0.15) is 0 Å². The standard InChI is InChI=1S/C18H15P.2BrH.ClH/c1-4-10-16(11-5-1)19(17-12-6-2-7-13-17)18-14-8-3-9-15-18;;;/h1-15H;3*1H. The second kappa shape index (κ2) is 11.0. The summed E-state index contributed by atoms with van der Waals surface area (Å²) in [5.41, 5.74) is 0. The van der Waals surface area contributed by atoms with Crippen LogP contribution in [0, 0.1) is 0 Å². The first kappa shape index (κ1) is 21.3. The van der Waals surface area contributed by atoms with Crippen molar-refractivity contribution in [2.45, 2.75) is 0 Å². The second-order valence-electron chi connectivity index (χ2n) is 4.34. The molecule has 0 nitrogen and oxygen atoms in total. The van der Waals surface area contributed by atoms with E-state index < -0.39 is 7.92 Å². The van der Waals surface area contributed by atoms with Gasteiger partial charge in [-0.15, -0.1) is 46.4 Å². The van der Waals surface area contributed by atoms with Gasteiger partial charge in [-0.05, 0) is 23.8 Å². The molecule has 0 heterocycles. The highest BCUT2D eigenvalue weighted by atomic mass is 79.9. The molecule has 0 amide bonds. The summed E-state index contributed by atoms with van der Waals surface area (Å²) in [5.74, 6) is 0. The molecular weight excluding hydrogens is 442 g/mol. The first-order chi connectivity index (χ1) is 9.45. The van der Waals surface area contributed by atoms with Crippen LogP contribution in [0.15, 0.2) is 91.0 Å². The number of rotatable bonds is 3. The Hall–Kier alpha value is -0.660. The molecule has 0 unspecified atom stereocenters. The summed E-state index contributed by atoms with van der Waals surface area (Å²) in [6.07, 6.45) is 0. The van der Waals surface area contributed by atoms with Gasteiger partial charge in [0.15, 0.2) is 0 Å². The molecule has 22 heavy (non-hydrogen) atoms. The fourth-order valence-electron chi connectivity index (χ4n) is 2.18. The van der Waals surface area contributed by atoms with Gasteiger partial charge < -0.3 is 0 Å². The predicted octanol–water partition coefficient (Wildman–Crippen LogP) is 5.02. The van der Waals surface area contributed by atoms with Gasteiger partial charge in [-0.25, -0.2) is 0 Å². The maximum atomic E-state index is 2.23. The quantitative estimate of drug-likeness (QED) is 0.482. The molecule has 0 radical (unpaired) electrons. The van der Waals surface area contributed by atoms with Crippen LogP contribution in [0.3, 0.4) is 0 Å². The zero-order valence-corrected chi connectivity index (χ0v) is 17.0. The molecule has 0 aliphatic heterocycles. The molecule has 0 saturated heterocycles. The lowest BCUT2D eigenvalue weighted by Crippen LogP contribution is -2.20. The molecule has 4 heteroatoms. The lowest BCUT2D eigenvalue weighted by Gasteiger charge is -2.18. The van der Waals surface area contributed by atoms with Crippen molar-refractivity contribution in [3.05, 3.63) is 91.0 Å². The van der Waals surface area contributed by atoms with Crippen molar-refractivity contribution in [1.29, 1.82) is 0 Å². The first-order valence-electron chi connectivity index (χ1n) is 6.40. The first-order valence-corrected chi connectivity index (χ1v) is 7.74. The minimum Gasteiger partial charge on any atom is -0.147 e. The highest BCUT2D eigenvalue weighted by Crippen LogP contribution is 2.32. The highest BCUT2D eigenvalue weighted by molar-refractivity contribution is 8.93. The third kappa shape index (κ3) is 5.21. The minimum absolute atomic E-state index is 0. The molecule has 3 aromatic rings. The van der Waals surface area contributed by atoms with E-state index in [0.717, 1.165) is 0 Å². The molecule has 0 saturated carbocycles. The van der Waals surface area contributed by atoms with Crippen molar-refractivity contribution in [2.75, 3.05) is 0 Å². The normalized spacial score (nSPS) is 9.14. The molecule has 3 aromatic carbocycles. The number of halogens is 3. The van der Waals surface area contributed by atoms with Crippen LogP contribution in [0.25, 0.3) is 0 Å². The third-order valence-electron chi connectivity index (χ3n) is 3.04. The van der Waals surface area contributed by atoms with E-state index in [1.54, 1.807) is 0 Å². The van der Waals surface area contributed by atoms with Crippen molar-refractivity contribution in [3.63, 3.8) is 0 Å². The van der Waals surface area contributed by atoms with E-state index in [1.165, 1.54) is 15.9 Å². The fraction of sp³-hybridized carbons (Fsp3) is 0. The predicted molar refractivity (Wildman–Crippen MR) is 113 cm³/mol. The maximum absolute atomic E-state index is 2.23. The Morgan fingerprint density at radius 2 is 0.636 bits per heavy atom. The zero-order chi connectivity index (χ0) is 12.9. The van der Waals surface area contributed by atoms with Gasteiger partial charge in [-0.3, -0.25) is 0 Å². The Balaban J connectivity index is 0.00000147. The van der Waals surface area contributed by atoms with E-state index in [-0.39, 0.29) is 46.4 Å². The summed E-state index contributed by atoms with van der Waals surface area (Å²) >= 11 is 0. The maximum Gasteiger partial charge on any atom is -0.0134 e. The van der Waals surface area contributed by atoms with Crippen molar-refractivity contribution in [2.24, 2.45) is 0 Å². The zero-order valence-electron chi connectivity index (χ0n) is 11.8. The molecule has 0 bridgehead atoms. The minimum atomic E-state index is -0.446. The fourth-order valence-corrected chi connectivity index (χ4v) is 4.48. The van der Waals surface area contributed by atoms with Crippen LogP contribution in [-0.4, -0.2) is 0 Å². The van der Waals surface area contributed by atoms with Crippen molar-refractivity contribution >= 4 is 70.2 Å². The van der Waals surface area contributed by atoms with Gasteiger partial charge >= 0.3 is 0 Å². The topological polar surface area (TPSA) is 0 Å². The van der Waals surface area contributed by atoms with E-state index in [4.69, 9.17) is 0 Å². The molecule has 0 aromatic heterocycles. The van der Waals surface area contributed by atoms with Crippen molar-refractivity contribution in [3.8, 4) is 0 Å². The van der Waals surface area contributed by atoms with Crippen molar-refractivity contribution in [1.82, 2.24) is 0 Å².